The summed E-state index contributed by atoms with van der Waals surface area (Å²) in [7, 11) is 1.41. The van der Waals surface area contributed by atoms with E-state index in [9.17, 15) is 9.59 Å². The number of aromatic nitrogens is 1. The number of fused-ring (bicyclic) bond motifs is 5. The molecule has 3 heterocycles. The average Bonchev–Trinajstić information content (AvgIpc) is 3.14. The maximum absolute atomic E-state index is 14.0. The average molecular weight is 547 g/mol. The standard InChI is InChI=1S/C32H35ClN2O4/c1-19-16-34(17-20(2)39-19)31(36)24-13-23-14-25(33)10-12-26(23)30-29(21-7-5-4-6-8-21)27-11-9-22(32(37)38-3)15-28(27)35(30)18-24/h9-15,19-21H,4-8,16-18H2,1-3H3/t19-,20+. The third-order valence-corrected chi connectivity index (χ3v) is 8.68. The lowest BCUT2D eigenvalue weighted by Gasteiger charge is -2.35. The van der Waals surface area contributed by atoms with Crippen LogP contribution in [0.4, 0.5) is 0 Å². The van der Waals surface area contributed by atoms with Gasteiger partial charge in [0.25, 0.3) is 5.91 Å². The molecule has 1 aromatic heterocycles. The molecular formula is C32H35ClN2O4. The molecule has 1 saturated heterocycles. The highest BCUT2D eigenvalue weighted by molar-refractivity contribution is 6.31. The van der Waals surface area contributed by atoms with Crippen molar-refractivity contribution in [1.29, 1.82) is 0 Å². The fourth-order valence-electron chi connectivity index (χ4n) is 6.83. The minimum absolute atomic E-state index is 0.0148. The van der Waals surface area contributed by atoms with E-state index in [2.05, 4.69) is 16.7 Å². The first-order valence-corrected chi connectivity index (χ1v) is 14.4. The van der Waals surface area contributed by atoms with Crippen molar-refractivity contribution in [2.45, 2.75) is 70.6 Å². The first-order valence-electron chi connectivity index (χ1n) is 14.0. The summed E-state index contributed by atoms with van der Waals surface area (Å²) >= 11 is 6.51. The topological polar surface area (TPSA) is 60.8 Å². The Morgan fingerprint density at radius 3 is 2.46 bits per heavy atom. The molecular weight excluding hydrogens is 512 g/mol. The van der Waals surface area contributed by atoms with Crippen LogP contribution in [-0.2, 0) is 20.8 Å². The van der Waals surface area contributed by atoms with Crippen LogP contribution >= 0.6 is 11.6 Å². The highest BCUT2D eigenvalue weighted by Gasteiger charge is 2.33. The predicted octanol–water partition coefficient (Wildman–Crippen LogP) is 6.83. The third kappa shape index (κ3) is 4.78. The van der Waals surface area contributed by atoms with Crippen LogP contribution in [0, 0.1) is 0 Å². The normalized spacial score (nSPS) is 21.6. The van der Waals surface area contributed by atoms with Gasteiger partial charge in [-0.25, -0.2) is 4.79 Å². The monoisotopic (exact) mass is 546 g/mol. The fraction of sp³-hybridized carbons (Fsp3) is 0.438. The molecule has 6 nitrogen and oxygen atoms in total. The summed E-state index contributed by atoms with van der Waals surface area (Å²) in [4.78, 5) is 28.5. The molecule has 0 bridgehead atoms. The fourth-order valence-corrected chi connectivity index (χ4v) is 7.01. The van der Waals surface area contributed by atoms with Gasteiger partial charge in [-0.3, -0.25) is 4.79 Å². The molecule has 2 aromatic carbocycles. The number of amides is 1. The molecule has 3 aromatic rings. The first kappa shape index (κ1) is 26.1. The Hall–Kier alpha value is -3.09. The third-order valence-electron chi connectivity index (χ3n) is 8.45. The largest absolute Gasteiger partial charge is 0.465 e. The number of ether oxygens (including phenoxy) is 2. The van der Waals surface area contributed by atoms with Crippen molar-refractivity contribution in [3.63, 3.8) is 0 Å². The van der Waals surface area contributed by atoms with Crippen LogP contribution in [0.15, 0.2) is 42.0 Å². The van der Waals surface area contributed by atoms with Gasteiger partial charge in [-0.1, -0.05) is 43.0 Å². The summed E-state index contributed by atoms with van der Waals surface area (Å²) < 4.78 is 13.2. The second-order valence-electron chi connectivity index (χ2n) is 11.3. The van der Waals surface area contributed by atoms with Crippen LogP contribution in [0.1, 0.15) is 73.4 Å². The van der Waals surface area contributed by atoms with Gasteiger partial charge < -0.3 is 18.9 Å². The molecule has 6 rings (SSSR count). The van der Waals surface area contributed by atoms with Crippen LogP contribution in [0.5, 0.6) is 0 Å². The Balaban J connectivity index is 1.57. The minimum Gasteiger partial charge on any atom is -0.465 e. The minimum atomic E-state index is -0.365. The van der Waals surface area contributed by atoms with Crippen LogP contribution in [0.3, 0.4) is 0 Å². The second kappa shape index (κ2) is 10.5. The van der Waals surface area contributed by atoms with Crippen molar-refractivity contribution >= 4 is 40.5 Å². The Kier molecular flexibility index (Phi) is 7.02. The van der Waals surface area contributed by atoms with E-state index in [1.807, 2.05) is 49.1 Å². The van der Waals surface area contributed by atoms with E-state index in [0.29, 0.717) is 41.7 Å². The van der Waals surface area contributed by atoms with Gasteiger partial charge in [-0.2, -0.15) is 0 Å². The molecule has 0 N–H and O–H groups in total. The first-order chi connectivity index (χ1) is 18.8. The zero-order valence-corrected chi connectivity index (χ0v) is 23.6. The summed E-state index contributed by atoms with van der Waals surface area (Å²) in [5, 5.41) is 1.79. The van der Waals surface area contributed by atoms with Crippen molar-refractivity contribution in [2.24, 2.45) is 0 Å². The van der Waals surface area contributed by atoms with Crippen molar-refractivity contribution in [3.05, 3.63) is 63.7 Å². The molecule has 204 valence electrons. The van der Waals surface area contributed by atoms with Crippen molar-refractivity contribution in [1.82, 2.24) is 9.47 Å². The van der Waals surface area contributed by atoms with Crippen molar-refractivity contribution in [2.75, 3.05) is 20.2 Å². The van der Waals surface area contributed by atoms with Crippen LogP contribution < -0.4 is 0 Å². The summed E-state index contributed by atoms with van der Waals surface area (Å²) in [6.45, 7) is 5.54. The van der Waals surface area contributed by atoms with E-state index in [4.69, 9.17) is 21.1 Å². The van der Waals surface area contributed by atoms with Crippen molar-refractivity contribution in [3.8, 4) is 11.3 Å². The Bertz CT molecular complexity index is 1470. The number of carbonyl (C=O) groups is 2. The number of halogens is 1. The molecule has 39 heavy (non-hydrogen) atoms. The number of esters is 1. The quantitative estimate of drug-likeness (QED) is 0.338. The molecule has 2 fully saturated rings. The molecule has 0 radical (unpaired) electrons. The number of hydrogen-bond donors (Lipinski definition) is 0. The molecule has 1 aliphatic carbocycles. The number of methoxy groups -OCH3 is 1. The van der Waals surface area contributed by atoms with E-state index < -0.39 is 0 Å². The Labute approximate surface area is 234 Å². The van der Waals surface area contributed by atoms with E-state index in [-0.39, 0.29) is 24.1 Å². The van der Waals surface area contributed by atoms with Gasteiger partial charge in [0.05, 0.1) is 37.1 Å². The molecule has 0 spiro atoms. The summed E-state index contributed by atoms with van der Waals surface area (Å²) in [6.07, 6.45) is 7.93. The van der Waals surface area contributed by atoms with Gasteiger partial charge in [0.1, 0.15) is 0 Å². The van der Waals surface area contributed by atoms with Gasteiger partial charge in [0.15, 0.2) is 0 Å². The lowest BCUT2D eigenvalue weighted by atomic mass is 9.81. The number of benzene rings is 2. The zero-order chi connectivity index (χ0) is 27.3. The van der Waals surface area contributed by atoms with Gasteiger partial charge in [-0.15, -0.1) is 0 Å². The smallest absolute Gasteiger partial charge is 0.337 e. The molecule has 1 saturated carbocycles. The Morgan fingerprint density at radius 2 is 1.74 bits per heavy atom. The summed E-state index contributed by atoms with van der Waals surface area (Å²) in [6, 6.07) is 11.8. The number of rotatable bonds is 3. The van der Waals surface area contributed by atoms with E-state index in [0.717, 1.165) is 40.6 Å². The number of hydrogen-bond acceptors (Lipinski definition) is 4. The molecule has 2 aliphatic heterocycles. The van der Waals surface area contributed by atoms with Crippen LogP contribution in [0.25, 0.3) is 28.2 Å². The van der Waals surface area contributed by atoms with Crippen LogP contribution in [-0.4, -0.2) is 53.8 Å². The maximum atomic E-state index is 14.0. The highest BCUT2D eigenvalue weighted by Crippen LogP contribution is 2.47. The SMILES string of the molecule is COC(=O)c1ccc2c(C3CCCCC3)c3n(c2c1)CC(C(=O)N1C[C@@H](C)O[C@@H](C)C1)=Cc1cc(Cl)ccc1-3. The number of morpholine rings is 1. The van der Waals surface area contributed by atoms with Crippen LogP contribution in [0.2, 0.25) is 5.02 Å². The zero-order valence-electron chi connectivity index (χ0n) is 22.8. The summed E-state index contributed by atoms with van der Waals surface area (Å²) in [5.41, 5.74) is 6.64. The van der Waals surface area contributed by atoms with Gasteiger partial charge >= 0.3 is 5.97 Å². The molecule has 1 amide bonds. The lowest BCUT2D eigenvalue weighted by molar-refractivity contribution is -0.139. The Morgan fingerprint density at radius 1 is 1.00 bits per heavy atom. The number of nitrogens with zero attached hydrogens (tertiary/aromatic N) is 2. The maximum Gasteiger partial charge on any atom is 0.337 e. The van der Waals surface area contributed by atoms with E-state index in [1.54, 1.807) is 0 Å². The van der Waals surface area contributed by atoms with E-state index in [1.165, 1.54) is 31.9 Å². The molecule has 3 aliphatic rings. The summed E-state index contributed by atoms with van der Waals surface area (Å²) in [5.74, 6) is 0.0692. The molecule has 0 unspecified atom stereocenters. The predicted molar refractivity (Wildman–Crippen MR) is 154 cm³/mol. The molecule has 2 atom stereocenters. The van der Waals surface area contributed by atoms with Gasteiger partial charge in [-0.05, 0) is 74.1 Å². The van der Waals surface area contributed by atoms with Gasteiger partial charge in [0.2, 0.25) is 0 Å². The van der Waals surface area contributed by atoms with Crippen molar-refractivity contribution < 1.29 is 19.1 Å². The van der Waals surface area contributed by atoms with E-state index >= 15 is 0 Å². The number of carbonyl (C=O) groups excluding carboxylic acids is 2. The molecule has 7 heteroatoms. The second-order valence-corrected chi connectivity index (χ2v) is 11.7. The van der Waals surface area contributed by atoms with Gasteiger partial charge in [0, 0.05) is 40.2 Å². The lowest BCUT2D eigenvalue weighted by Crippen LogP contribution is -2.48. The highest BCUT2D eigenvalue weighted by atomic mass is 35.5.